The van der Waals surface area contributed by atoms with Gasteiger partial charge in [-0.25, -0.2) is 9.78 Å². The fourth-order valence-corrected chi connectivity index (χ4v) is 4.04. The Morgan fingerprint density at radius 3 is 3.04 bits per heavy atom. The average Bonchev–Trinajstić information content (AvgIpc) is 3.03. The van der Waals surface area contributed by atoms with E-state index in [1.54, 1.807) is 0 Å². The first kappa shape index (κ1) is 18.3. The molecule has 28 heavy (non-hydrogen) atoms. The maximum atomic E-state index is 12.6. The Morgan fingerprint density at radius 1 is 1.32 bits per heavy atom. The lowest BCUT2D eigenvalue weighted by molar-refractivity contribution is 0.178. The number of nitrogens with one attached hydrogen (secondary N) is 2. The zero-order valence-electron chi connectivity index (χ0n) is 16.0. The van der Waals surface area contributed by atoms with Crippen LogP contribution in [-0.2, 0) is 6.54 Å². The van der Waals surface area contributed by atoms with Gasteiger partial charge in [0, 0.05) is 49.4 Å². The van der Waals surface area contributed by atoms with Gasteiger partial charge in [0.15, 0.2) is 0 Å². The molecule has 7 nitrogen and oxygen atoms in total. The lowest BCUT2D eigenvalue weighted by Gasteiger charge is -2.32. The Kier molecular flexibility index (Phi) is 5.14. The van der Waals surface area contributed by atoms with Crippen molar-refractivity contribution in [2.75, 3.05) is 19.6 Å². The van der Waals surface area contributed by atoms with E-state index in [2.05, 4.69) is 45.0 Å². The summed E-state index contributed by atoms with van der Waals surface area (Å²) in [5, 5.41) is 4.26. The van der Waals surface area contributed by atoms with Crippen molar-refractivity contribution in [1.82, 2.24) is 24.8 Å². The van der Waals surface area contributed by atoms with Gasteiger partial charge in [-0.1, -0.05) is 18.2 Å². The SMILES string of the molecule is Cc1cc2ccccc2n1CCNC(=O)N1CCC[C@H](c2cc(=O)[nH]cn2)C1. The summed E-state index contributed by atoms with van der Waals surface area (Å²) in [7, 11) is 0. The molecule has 1 fully saturated rings. The van der Waals surface area contributed by atoms with Crippen LogP contribution in [0.5, 0.6) is 0 Å². The molecular formula is C21H25N5O2. The fraction of sp³-hybridized carbons (Fsp3) is 0.381. The summed E-state index contributed by atoms with van der Waals surface area (Å²) in [6.07, 6.45) is 3.28. The summed E-state index contributed by atoms with van der Waals surface area (Å²) >= 11 is 0. The molecule has 0 spiro atoms. The number of hydrogen-bond donors (Lipinski definition) is 2. The molecule has 1 atom stereocenters. The topological polar surface area (TPSA) is 83.0 Å². The minimum absolute atomic E-state index is 0.0522. The molecule has 0 saturated carbocycles. The van der Waals surface area contributed by atoms with Crippen molar-refractivity contribution in [3.63, 3.8) is 0 Å². The van der Waals surface area contributed by atoms with Crippen LogP contribution in [0, 0.1) is 6.92 Å². The van der Waals surface area contributed by atoms with Crippen LogP contribution in [0.4, 0.5) is 4.79 Å². The number of hydrogen-bond acceptors (Lipinski definition) is 3. The van der Waals surface area contributed by atoms with Gasteiger partial charge in [-0.05, 0) is 37.3 Å². The minimum Gasteiger partial charge on any atom is -0.343 e. The van der Waals surface area contributed by atoms with Crippen LogP contribution >= 0.6 is 0 Å². The summed E-state index contributed by atoms with van der Waals surface area (Å²) < 4.78 is 2.23. The molecule has 7 heteroatoms. The van der Waals surface area contributed by atoms with Gasteiger partial charge in [-0.2, -0.15) is 0 Å². The van der Waals surface area contributed by atoms with E-state index in [-0.39, 0.29) is 17.5 Å². The smallest absolute Gasteiger partial charge is 0.317 e. The normalized spacial score (nSPS) is 17.0. The number of aromatic amines is 1. The second-order valence-electron chi connectivity index (χ2n) is 7.35. The van der Waals surface area contributed by atoms with Gasteiger partial charge in [0.1, 0.15) is 0 Å². The average molecular weight is 379 g/mol. The number of para-hydroxylation sites is 1. The first-order valence-corrected chi connectivity index (χ1v) is 9.74. The first-order valence-electron chi connectivity index (χ1n) is 9.74. The molecule has 1 aliphatic rings. The molecule has 3 heterocycles. The Balaban J connectivity index is 1.36. The number of nitrogens with zero attached hydrogens (tertiary/aromatic N) is 3. The quantitative estimate of drug-likeness (QED) is 0.731. The summed E-state index contributed by atoms with van der Waals surface area (Å²) in [6.45, 7) is 4.72. The highest BCUT2D eigenvalue weighted by atomic mass is 16.2. The fourth-order valence-electron chi connectivity index (χ4n) is 4.04. The standard InChI is InChI=1S/C21H25N5O2/c1-15-11-16-5-2-3-7-19(16)26(15)10-8-22-21(28)25-9-4-6-17(13-25)18-12-20(27)24-14-23-18/h2-3,5,7,11-12,14,17H,4,6,8-10,13H2,1H3,(H,22,28)(H,23,24,27)/t17-/m0/s1. The van der Waals surface area contributed by atoms with Gasteiger partial charge in [0.05, 0.1) is 12.0 Å². The number of aromatic nitrogens is 3. The highest BCUT2D eigenvalue weighted by Crippen LogP contribution is 2.24. The molecule has 3 aromatic rings. The molecule has 1 saturated heterocycles. The van der Waals surface area contributed by atoms with Gasteiger partial charge in [-0.15, -0.1) is 0 Å². The van der Waals surface area contributed by atoms with Crippen molar-refractivity contribution in [1.29, 1.82) is 0 Å². The highest BCUT2D eigenvalue weighted by molar-refractivity contribution is 5.81. The predicted octanol–water partition coefficient (Wildman–Crippen LogP) is 2.62. The molecule has 4 rings (SSSR count). The first-order chi connectivity index (χ1) is 13.6. The Hall–Kier alpha value is -3.09. The number of aryl methyl sites for hydroxylation is 1. The molecule has 0 aliphatic carbocycles. The molecule has 1 aliphatic heterocycles. The number of likely N-dealkylation sites (tertiary alicyclic amines) is 1. The van der Waals surface area contributed by atoms with Crippen LogP contribution in [0.3, 0.4) is 0 Å². The van der Waals surface area contributed by atoms with E-state index in [0.29, 0.717) is 13.1 Å². The molecule has 2 amide bonds. The van der Waals surface area contributed by atoms with Crippen LogP contribution in [0.2, 0.25) is 0 Å². The van der Waals surface area contributed by atoms with Crippen molar-refractivity contribution < 1.29 is 4.79 Å². The third-order valence-electron chi connectivity index (χ3n) is 5.46. The van der Waals surface area contributed by atoms with E-state index in [4.69, 9.17) is 0 Å². The van der Waals surface area contributed by atoms with Crippen LogP contribution in [-0.4, -0.2) is 45.1 Å². The number of fused-ring (bicyclic) bond motifs is 1. The Morgan fingerprint density at radius 2 is 2.18 bits per heavy atom. The number of piperidine rings is 1. The maximum absolute atomic E-state index is 12.6. The molecule has 2 aromatic heterocycles. The van der Waals surface area contributed by atoms with Gasteiger partial charge < -0.3 is 19.8 Å². The predicted molar refractivity (Wildman–Crippen MR) is 108 cm³/mol. The number of carbonyl (C=O) groups is 1. The number of urea groups is 1. The third-order valence-corrected chi connectivity index (χ3v) is 5.46. The monoisotopic (exact) mass is 379 g/mol. The van der Waals surface area contributed by atoms with E-state index < -0.39 is 0 Å². The summed E-state index contributed by atoms with van der Waals surface area (Å²) in [4.78, 5) is 32.8. The van der Waals surface area contributed by atoms with Crippen LogP contribution in [0.25, 0.3) is 10.9 Å². The molecule has 0 unspecified atom stereocenters. The zero-order chi connectivity index (χ0) is 19.5. The Bertz CT molecular complexity index is 1040. The van der Waals surface area contributed by atoms with Crippen molar-refractivity contribution in [2.45, 2.75) is 32.2 Å². The summed E-state index contributed by atoms with van der Waals surface area (Å²) in [5.41, 5.74) is 2.98. The lowest BCUT2D eigenvalue weighted by atomic mass is 9.95. The highest BCUT2D eigenvalue weighted by Gasteiger charge is 2.25. The summed E-state index contributed by atoms with van der Waals surface area (Å²) in [5.74, 6) is 0.109. The maximum Gasteiger partial charge on any atom is 0.317 e. The van der Waals surface area contributed by atoms with Gasteiger partial charge in [0.2, 0.25) is 0 Å². The minimum atomic E-state index is -0.152. The van der Waals surface area contributed by atoms with Crippen molar-refractivity contribution >= 4 is 16.9 Å². The van der Waals surface area contributed by atoms with E-state index in [0.717, 1.165) is 31.6 Å². The zero-order valence-corrected chi connectivity index (χ0v) is 16.0. The van der Waals surface area contributed by atoms with Crippen LogP contribution in [0.15, 0.2) is 47.5 Å². The second-order valence-corrected chi connectivity index (χ2v) is 7.35. The molecule has 0 bridgehead atoms. The lowest BCUT2D eigenvalue weighted by Crippen LogP contribution is -2.45. The molecule has 0 radical (unpaired) electrons. The summed E-state index contributed by atoms with van der Waals surface area (Å²) in [6, 6.07) is 11.9. The number of benzene rings is 1. The van der Waals surface area contributed by atoms with E-state index in [1.165, 1.54) is 29.0 Å². The van der Waals surface area contributed by atoms with Gasteiger partial charge >= 0.3 is 6.03 Å². The van der Waals surface area contributed by atoms with Crippen molar-refractivity contribution in [3.8, 4) is 0 Å². The van der Waals surface area contributed by atoms with Crippen LogP contribution in [0.1, 0.15) is 30.1 Å². The Labute approximate surface area is 163 Å². The van der Waals surface area contributed by atoms with Crippen molar-refractivity contribution in [2.24, 2.45) is 0 Å². The largest absolute Gasteiger partial charge is 0.343 e. The molecule has 2 N–H and O–H groups in total. The van der Waals surface area contributed by atoms with E-state index in [1.807, 2.05) is 17.0 Å². The van der Waals surface area contributed by atoms with Crippen molar-refractivity contribution in [3.05, 3.63) is 64.5 Å². The van der Waals surface area contributed by atoms with E-state index in [9.17, 15) is 9.59 Å². The third kappa shape index (κ3) is 3.78. The molecule has 1 aromatic carbocycles. The second kappa shape index (κ2) is 7.88. The number of carbonyl (C=O) groups excluding carboxylic acids is 1. The van der Waals surface area contributed by atoms with Gasteiger partial charge in [0.25, 0.3) is 5.56 Å². The van der Waals surface area contributed by atoms with E-state index >= 15 is 0 Å². The number of H-pyrrole nitrogens is 1. The van der Waals surface area contributed by atoms with Crippen LogP contribution < -0.4 is 10.9 Å². The molecule has 146 valence electrons. The number of rotatable bonds is 4. The number of amides is 2. The molecular weight excluding hydrogens is 354 g/mol. The van der Waals surface area contributed by atoms with Gasteiger partial charge in [-0.3, -0.25) is 4.79 Å².